The average molecular weight is 351 g/mol. The van der Waals surface area contributed by atoms with Gasteiger partial charge < -0.3 is 10.3 Å². The van der Waals surface area contributed by atoms with E-state index in [-0.39, 0.29) is 0 Å². The number of anilines is 1. The number of thiazole rings is 1. The third-order valence-corrected chi connectivity index (χ3v) is 4.21. The molecule has 102 valence electrons. The standard InChI is InChI=1S/C13H11BrN4OS/c1-2-9-10(20-13(15)16-9)12-17-11(18-19-12)7-3-5-8(14)6-4-7/h3-6H,2H2,1H3,(H2,15,16). The summed E-state index contributed by atoms with van der Waals surface area (Å²) in [5.74, 6) is 1.02. The number of hydrogen-bond donors (Lipinski definition) is 1. The second-order valence-electron chi connectivity index (χ2n) is 4.11. The summed E-state index contributed by atoms with van der Waals surface area (Å²) in [7, 11) is 0. The van der Waals surface area contributed by atoms with Crippen molar-refractivity contribution >= 4 is 32.4 Å². The van der Waals surface area contributed by atoms with Gasteiger partial charge in [-0.3, -0.25) is 0 Å². The average Bonchev–Trinajstić information content (AvgIpc) is 3.05. The molecule has 0 aliphatic rings. The van der Waals surface area contributed by atoms with Crippen LogP contribution in [-0.2, 0) is 6.42 Å². The smallest absolute Gasteiger partial charge is 0.270 e. The Kier molecular flexibility index (Phi) is 3.54. The van der Waals surface area contributed by atoms with Gasteiger partial charge in [0, 0.05) is 10.0 Å². The molecular weight excluding hydrogens is 340 g/mol. The highest BCUT2D eigenvalue weighted by molar-refractivity contribution is 9.10. The van der Waals surface area contributed by atoms with E-state index in [0.29, 0.717) is 16.8 Å². The van der Waals surface area contributed by atoms with Gasteiger partial charge in [-0.05, 0) is 30.7 Å². The Morgan fingerprint density at radius 3 is 2.70 bits per heavy atom. The number of aryl methyl sites for hydroxylation is 1. The summed E-state index contributed by atoms with van der Waals surface area (Å²) < 4.78 is 6.34. The van der Waals surface area contributed by atoms with Crippen molar-refractivity contribution in [3.63, 3.8) is 0 Å². The molecule has 0 spiro atoms. The van der Waals surface area contributed by atoms with Crippen molar-refractivity contribution in [1.82, 2.24) is 15.1 Å². The van der Waals surface area contributed by atoms with Gasteiger partial charge >= 0.3 is 0 Å². The molecule has 1 aromatic carbocycles. The molecule has 0 radical (unpaired) electrons. The van der Waals surface area contributed by atoms with Crippen LogP contribution in [0.3, 0.4) is 0 Å². The second-order valence-corrected chi connectivity index (χ2v) is 6.06. The first-order valence-corrected chi connectivity index (χ1v) is 7.63. The number of nitrogens with two attached hydrogens (primary N) is 1. The SMILES string of the molecule is CCc1nc(N)sc1-c1nc(-c2ccc(Br)cc2)no1. The van der Waals surface area contributed by atoms with E-state index in [1.165, 1.54) is 11.3 Å². The summed E-state index contributed by atoms with van der Waals surface area (Å²) in [6.07, 6.45) is 0.777. The van der Waals surface area contributed by atoms with E-state index in [2.05, 4.69) is 31.1 Å². The lowest BCUT2D eigenvalue weighted by atomic mass is 10.2. The predicted molar refractivity (Wildman–Crippen MR) is 82.3 cm³/mol. The molecule has 0 atom stereocenters. The molecule has 2 aromatic heterocycles. The van der Waals surface area contributed by atoms with Crippen molar-refractivity contribution in [2.45, 2.75) is 13.3 Å². The summed E-state index contributed by atoms with van der Waals surface area (Å²) in [6, 6.07) is 7.74. The van der Waals surface area contributed by atoms with Crippen LogP contribution < -0.4 is 5.73 Å². The normalized spacial score (nSPS) is 10.9. The highest BCUT2D eigenvalue weighted by Crippen LogP contribution is 2.32. The Balaban J connectivity index is 1.99. The zero-order chi connectivity index (χ0) is 14.1. The van der Waals surface area contributed by atoms with Crippen LogP contribution in [0.2, 0.25) is 0 Å². The van der Waals surface area contributed by atoms with Crippen molar-refractivity contribution in [2.24, 2.45) is 0 Å². The molecule has 3 rings (SSSR count). The van der Waals surface area contributed by atoms with Crippen LogP contribution in [0.15, 0.2) is 33.3 Å². The number of benzene rings is 1. The minimum absolute atomic E-state index is 0.467. The van der Waals surface area contributed by atoms with Crippen LogP contribution in [0.1, 0.15) is 12.6 Å². The van der Waals surface area contributed by atoms with Crippen LogP contribution in [0.25, 0.3) is 22.2 Å². The Hall–Kier alpha value is -1.73. The maximum Gasteiger partial charge on any atom is 0.270 e. The van der Waals surface area contributed by atoms with Crippen molar-refractivity contribution < 1.29 is 4.52 Å². The Labute approximate surface area is 128 Å². The molecule has 0 fully saturated rings. The van der Waals surface area contributed by atoms with Gasteiger partial charge in [-0.15, -0.1) is 0 Å². The van der Waals surface area contributed by atoms with Gasteiger partial charge in [0.15, 0.2) is 5.13 Å². The predicted octanol–water partition coefficient (Wildman–Crippen LogP) is 3.77. The minimum atomic E-state index is 0.467. The van der Waals surface area contributed by atoms with Gasteiger partial charge in [0.25, 0.3) is 5.89 Å². The highest BCUT2D eigenvalue weighted by Gasteiger charge is 2.17. The summed E-state index contributed by atoms with van der Waals surface area (Å²) in [4.78, 5) is 9.53. The van der Waals surface area contributed by atoms with E-state index >= 15 is 0 Å². The summed E-state index contributed by atoms with van der Waals surface area (Å²) in [6.45, 7) is 2.02. The molecule has 20 heavy (non-hydrogen) atoms. The molecular formula is C13H11BrN4OS. The van der Waals surface area contributed by atoms with E-state index in [1.807, 2.05) is 31.2 Å². The number of aromatic nitrogens is 3. The first kappa shape index (κ1) is 13.3. The van der Waals surface area contributed by atoms with E-state index in [1.54, 1.807) is 0 Å². The fourth-order valence-electron chi connectivity index (χ4n) is 1.81. The van der Waals surface area contributed by atoms with Gasteiger partial charge in [0.05, 0.1) is 5.69 Å². The van der Waals surface area contributed by atoms with Crippen LogP contribution in [0.4, 0.5) is 5.13 Å². The summed E-state index contributed by atoms with van der Waals surface area (Å²) in [5, 5.41) is 4.53. The van der Waals surface area contributed by atoms with Crippen molar-refractivity contribution in [1.29, 1.82) is 0 Å². The zero-order valence-corrected chi connectivity index (χ0v) is 13.0. The Bertz CT molecular complexity index is 735. The third kappa shape index (κ3) is 2.46. The van der Waals surface area contributed by atoms with E-state index < -0.39 is 0 Å². The molecule has 0 saturated heterocycles. The Morgan fingerprint density at radius 2 is 2.00 bits per heavy atom. The first-order chi connectivity index (χ1) is 9.67. The molecule has 0 aliphatic heterocycles. The molecule has 0 unspecified atom stereocenters. The van der Waals surface area contributed by atoms with Crippen LogP contribution >= 0.6 is 27.3 Å². The maximum absolute atomic E-state index is 5.74. The van der Waals surface area contributed by atoms with E-state index in [9.17, 15) is 0 Å². The molecule has 5 nitrogen and oxygen atoms in total. The lowest BCUT2D eigenvalue weighted by molar-refractivity contribution is 0.433. The molecule has 0 aliphatic carbocycles. The van der Waals surface area contributed by atoms with Crippen LogP contribution in [-0.4, -0.2) is 15.1 Å². The zero-order valence-electron chi connectivity index (χ0n) is 10.6. The minimum Gasteiger partial charge on any atom is -0.375 e. The first-order valence-electron chi connectivity index (χ1n) is 6.02. The molecule has 0 amide bonds. The van der Waals surface area contributed by atoms with Crippen molar-refractivity contribution in [3.8, 4) is 22.2 Å². The number of rotatable bonds is 3. The number of hydrogen-bond acceptors (Lipinski definition) is 6. The van der Waals surface area contributed by atoms with Gasteiger partial charge in [0.1, 0.15) is 4.88 Å². The topological polar surface area (TPSA) is 77.8 Å². The Morgan fingerprint density at radius 1 is 1.25 bits per heavy atom. The molecule has 7 heteroatoms. The van der Waals surface area contributed by atoms with Gasteiger partial charge in [-0.1, -0.05) is 39.3 Å². The molecule has 2 heterocycles. The van der Waals surface area contributed by atoms with Crippen molar-refractivity contribution in [3.05, 3.63) is 34.4 Å². The lowest BCUT2D eigenvalue weighted by Crippen LogP contribution is -1.86. The van der Waals surface area contributed by atoms with Crippen molar-refractivity contribution in [2.75, 3.05) is 5.73 Å². The van der Waals surface area contributed by atoms with Gasteiger partial charge in [-0.2, -0.15) is 4.98 Å². The van der Waals surface area contributed by atoms with Gasteiger partial charge in [0.2, 0.25) is 5.82 Å². The van der Waals surface area contributed by atoms with E-state index in [0.717, 1.165) is 27.0 Å². The van der Waals surface area contributed by atoms with Crippen LogP contribution in [0.5, 0.6) is 0 Å². The fourth-order valence-corrected chi connectivity index (χ4v) is 2.92. The monoisotopic (exact) mass is 350 g/mol. The number of nitrogen functional groups attached to an aromatic ring is 1. The third-order valence-electron chi connectivity index (χ3n) is 2.77. The quantitative estimate of drug-likeness (QED) is 0.777. The molecule has 3 aromatic rings. The molecule has 0 bridgehead atoms. The summed E-state index contributed by atoms with van der Waals surface area (Å²) in [5.41, 5.74) is 7.53. The largest absolute Gasteiger partial charge is 0.375 e. The molecule has 2 N–H and O–H groups in total. The highest BCUT2D eigenvalue weighted by atomic mass is 79.9. The van der Waals surface area contributed by atoms with E-state index in [4.69, 9.17) is 10.3 Å². The van der Waals surface area contributed by atoms with Gasteiger partial charge in [-0.25, -0.2) is 4.98 Å². The summed E-state index contributed by atoms with van der Waals surface area (Å²) >= 11 is 4.76. The molecule has 0 saturated carbocycles. The second kappa shape index (κ2) is 5.34. The van der Waals surface area contributed by atoms with Crippen LogP contribution in [0, 0.1) is 0 Å². The maximum atomic E-state index is 5.74. The lowest BCUT2D eigenvalue weighted by Gasteiger charge is -1.93. The number of halogens is 1. The fraction of sp³-hybridized carbons (Fsp3) is 0.154. The number of nitrogens with zero attached hydrogens (tertiary/aromatic N) is 3.